The first-order valence-corrected chi connectivity index (χ1v) is 10.7. The number of carboxylic acid groups (broad SMARTS) is 1. The van der Waals surface area contributed by atoms with Gasteiger partial charge in [0.25, 0.3) is 0 Å². The molecule has 1 heterocycles. The zero-order valence-electron chi connectivity index (χ0n) is 17.1. The number of benzene rings is 2. The maximum Gasteiger partial charge on any atom is 0.303 e. The summed E-state index contributed by atoms with van der Waals surface area (Å²) in [5.41, 5.74) is 4.44. The van der Waals surface area contributed by atoms with Crippen LogP contribution in [0.5, 0.6) is 5.75 Å². The zero-order chi connectivity index (χ0) is 20.2. The van der Waals surface area contributed by atoms with E-state index in [9.17, 15) is 4.79 Å². The highest BCUT2D eigenvalue weighted by molar-refractivity contribution is 5.87. The normalized spacial score (nSPS) is 14.9. The number of aryl methyl sites for hydroxylation is 2. The van der Waals surface area contributed by atoms with Crippen molar-refractivity contribution in [1.82, 2.24) is 4.57 Å². The molecule has 152 valence electrons. The maximum atomic E-state index is 11.0. The van der Waals surface area contributed by atoms with Crippen LogP contribution in [0.4, 0.5) is 0 Å². The second-order valence-electron chi connectivity index (χ2n) is 7.98. The van der Waals surface area contributed by atoms with Crippen molar-refractivity contribution in [3.63, 3.8) is 0 Å². The lowest BCUT2D eigenvalue weighted by atomic mass is 9.96. The molecule has 2 aromatic carbocycles. The van der Waals surface area contributed by atoms with E-state index in [0.717, 1.165) is 41.8 Å². The topological polar surface area (TPSA) is 51.5 Å². The van der Waals surface area contributed by atoms with E-state index in [-0.39, 0.29) is 12.5 Å². The number of fused-ring (bicyclic) bond motifs is 1. The Balaban J connectivity index is 1.70. The lowest BCUT2D eigenvalue weighted by Gasteiger charge is -2.25. The first-order chi connectivity index (χ1) is 14.1. The van der Waals surface area contributed by atoms with Crippen LogP contribution < -0.4 is 4.74 Å². The Morgan fingerprint density at radius 2 is 1.93 bits per heavy atom. The second kappa shape index (κ2) is 8.73. The van der Waals surface area contributed by atoms with Gasteiger partial charge < -0.3 is 14.4 Å². The summed E-state index contributed by atoms with van der Waals surface area (Å²) in [5, 5.41) is 10.3. The molecule has 0 spiro atoms. The molecule has 1 saturated carbocycles. The van der Waals surface area contributed by atoms with Crippen LogP contribution in [0.3, 0.4) is 0 Å². The molecule has 4 rings (SSSR count). The van der Waals surface area contributed by atoms with Crippen LogP contribution in [0.15, 0.2) is 48.7 Å². The van der Waals surface area contributed by atoms with E-state index in [0.29, 0.717) is 6.42 Å². The van der Waals surface area contributed by atoms with Crippen LogP contribution in [0.1, 0.15) is 51.0 Å². The minimum atomic E-state index is -0.767. The summed E-state index contributed by atoms with van der Waals surface area (Å²) in [7, 11) is 0. The molecule has 1 aliphatic rings. The number of carbonyl (C=O) groups is 1. The van der Waals surface area contributed by atoms with E-state index >= 15 is 0 Å². The van der Waals surface area contributed by atoms with Gasteiger partial charge in [-0.2, -0.15) is 0 Å². The predicted octanol–water partition coefficient (Wildman–Crippen LogP) is 6.06. The van der Waals surface area contributed by atoms with Crippen LogP contribution >= 0.6 is 0 Å². The molecule has 29 heavy (non-hydrogen) atoms. The molecule has 0 atom stereocenters. The first-order valence-electron chi connectivity index (χ1n) is 10.7. The quantitative estimate of drug-likeness (QED) is 0.533. The third-order valence-electron chi connectivity index (χ3n) is 5.94. The number of hydrogen-bond acceptors (Lipinski definition) is 2. The third kappa shape index (κ3) is 4.47. The van der Waals surface area contributed by atoms with Gasteiger partial charge in [-0.25, -0.2) is 0 Å². The van der Waals surface area contributed by atoms with Crippen molar-refractivity contribution in [1.29, 1.82) is 0 Å². The van der Waals surface area contributed by atoms with E-state index in [2.05, 4.69) is 48.0 Å². The number of hydrogen-bond donors (Lipinski definition) is 1. The van der Waals surface area contributed by atoms with Crippen LogP contribution in [0.2, 0.25) is 0 Å². The molecule has 0 bridgehead atoms. The molecule has 1 N–H and O–H groups in total. The minimum Gasteiger partial charge on any atom is -0.490 e. The summed E-state index contributed by atoms with van der Waals surface area (Å²) in [6.45, 7) is 3.10. The molecular formula is C25H29NO3. The van der Waals surface area contributed by atoms with Gasteiger partial charge in [-0.3, -0.25) is 4.79 Å². The fourth-order valence-electron chi connectivity index (χ4n) is 4.32. The molecular weight excluding hydrogens is 362 g/mol. The highest BCUT2D eigenvalue weighted by Gasteiger charge is 2.18. The highest BCUT2D eigenvalue weighted by atomic mass is 16.5. The van der Waals surface area contributed by atoms with Gasteiger partial charge in [0.15, 0.2) is 0 Å². The molecule has 0 radical (unpaired) electrons. The number of rotatable bonds is 7. The molecule has 0 amide bonds. The third-order valence-corrected chi connectivity index (χ3v) is 5.94. The Morgan fingerprint density at radius 3 is 2.69 bits per heavy atom. The average molecular weight is 392 g/mol. The smallest absolute Gasteiger partial charge is 0.303 e. The Bertz CT molecular complexity index is 998. The number of aromatic nitrogens is 1. The molecule has 4 nitrogen and oxygen atoms in total. The Kier molecular flexibility index (Phi) is 5.89. The van der Waals surface area contributed by atoms with Crippen molar-refractivity contribution in [3.8, 4) is 16.9 Å². The summed E-state index contributed by atoms with van der Waals surface area (Å²) < 4.78 is 8.68. The summed E-state index contributed by atoms with van der Waals surface area (Å²) in [6, 6.07) is 14.8. The number of nitrogens with zero attached hydrogens (tertiary/aromatic N) is 1. The van der Waals surface area contributed by atoms with Crippen LogP contribution in [0, 0.1) is 0 Å². The highest BCUT2D eigenvalue weighted by Crippen LogP contribution is 2.35. The standard InChI is InChI=1S/C25H29NO3/c1-2-26-15-14-20-17-19(10-11-23(20)26)22-16-18(9-13-25(27)28)8-12-24(22)29-21-6-4-3-5-7-21/h8,10-12,14-17,21H,2-7,9,13H2,1H3,(H,27,28). The lowest BCUT2D eigenvalue weighted by molar-refractivity contribution is -0.136. The molecule has 1 fully saturated rings. The van der Waals surface area contributed by atoms with Gasteiger partial charge in [0.05, 0.1) is 6.10 Å². The predicted molar refractivity (Wildman–Crippen MR) is 117 cm³/mol. The fraction of sp³-hybridized carbons (Fsp3) is 0.400. The van der Waals surface area contributed by atoms with E-state index < -0.39 is 5.97 Å². The SMILES string of the molecule is CCn1ccc2cc(-c3cc(CCC(=O)O)ccc3OC3CCCCC3)ccc21. The summed E-state index contributed by atoms with van der Waals surface area (Å²) in [6.07, 6.45) is 9.04. The lowest BCUT2D eigenvalue weighted by Crippen LogP contribution is -2.20. The fourth-order valence-corrected chi connectivity index (χ4v) is 4.32. The summed E-state index contributed by atoms with van der Waals surface area (Å²) in [5.74, 6) is 0.140. The number of ether oxygens (including phenoxy) is 1. The maximum absolute atomic E-state index is 11.0. The Labute approximate surface area is 172 Å². The van der Waals surface area contributed by atoms with E-state index in [1.165, 1.54) is 30.2 Å². The molecule has 0 saturated heterocycles. The molecule has 1 aliphatic carbocycles. The van der Waals surface area contributed by atoms with Crippen molar-refractivity contribution >= 4 is 16.9 Å². The van der Waals surface area contributed by atoms with E-state index in [1.54, 1.807) is 0 Å². The van der Waals surface area contributed by atoms with Crippen LogP contribution in [0.25, 0.3) is 22.0 Å². The minimum absolute atomic E-state index is 0.140. The monoisotopic (exact) mass is 391 g/mol. The van der Waals surface area contributed by atoms with Gasteiger partial charge in [-0.1, -0.05) is 18.6 Å². The van der Waals surface area contributed by atoms with Crippen molar-refractivity contribution < 1.29 is 14.6 Å². The van der Waals surface area contributed by atoms with Crippen LogP contribution in [-0.4, -0.2) is 21.7 Å². The van der Waals surface area contributed by atoms with Crippen molar-refractivity contribution in [2.45, 2.75) is 64.5 Å². The number of carboxylic acids is 1. The van der Waals surface area contributed by atoms with E-state index in [4.69, 9.17) is 9.84 Å². The Hall–Kier alpha value is -2.75. The van der Waals surface area contributed by atoms with Gasteiger partial charge in [0, 0.05) is 35.6 Å². The molecule has 4 heteroatoms. The van der Waals surface area contributed by atoms with Crippen molar-refractivity contribution in [3.05, 3.63) is 54.2 Å². The summed E-state index contributed by atoms with van der Waals surface area (Å²) in [4.78, 5) is 11.0. The molecule has 1 aromatic heterocycles. The summed E-state index contributed by atoms with van der Waals surface area (Å²) >= 11 is 0. The second-order valence-corrected chi connectivity index (χ2v) is 7.98. The van der Waals surface area contributed by atoms with Crippen molar-refractivity contribution in [2.24, 2.45) is 0 Å². The van der Waals surface area contributed by atoms with Crippen molar-refractivity contribution in [2.75, 3.05) is 0 Å². The first kappa shape index (κ1) is 19.6. The van der Waals surface area contributed by atoms with Gasteiger partial charge in [0.2, 0.25) is 0 Å². The van der Waals surface area contributed by atoms with Crippen LogP contribution in [-0.2, 0) is 17.8 Å². The molecule has 0 aliphatic heterocycles. The van der Waals surface area contributed by atoms with E-state index in [1.807, 2.05) is 12.1 Å². The average Bonchev–Trinajstić information content (AvgIpc) is 3.16. The largest absolute Gasteiger partial charge is 0.490 e. The zero-order valence-corrected chi connectivity index (χ0v) is 17.1. The Morgan fingerprint density at radius 1 is 1.10 bits per heavy atom. The van der Waals surface area contributed by atoms with Gasteiger partial charge >= 0.3 is 5.97 Å². The van der Waals surface area contributed by atoms with Gasteiger partial charge in [-0.15, -0.1) is 0 Å². The van der Waals surface area contributed by atoms with Gasteiger partial charge in [0.1, 0.15) is 5.75 Å². The van der Waals surface area contributed by atoms with Gasteiger partial charge in [-0.05, 0) is 80.5 Å². The number of aliphatic carboxylic acids is 1. The molecule has 0 unspecified atom stereocenters. The molecule has 3 aromatic rings.